The lowest BCUT2D eigenvalue weighted by Crippen LogP contribution is -2.59. The van der Waals surface area contributed by atoms with Gasteiger partial charge in [-0.05, 0) is 0 Å². The first-order chi connectivity index (χ1) is 5.08. The van der Waals surface area contributed by atoms with Crippen LogP contribution in [0.3, 0.4) is 0 Å². The molecule has 6 heteroatoms. The van der Waals surface area contributed by atoms with Crippen molar-refractivity contribution in [1.82, 2.24) is 5.32 Å². The quantitative estimate of drug-likeness (QED) is 0.482. The van der Waals surface area contributed by atoms with Gasteiger partial charge < -0.3 is 10.1 Å². The second kappa shape index (κ2) is 2.30. The summed E-state index contributed by atoms with van der Waals surface area (Å²) >= 11 is 2.12. The van der Waals surface area contributed by atoms with E-state index in [9.17, 15) is 8.42 Å². The van der Waals surface area contributed by atoms with E-state index >= 15 is 0 Å². The number of halogens is 1. The van der Waals surface area contributed by atoms with Crippen molar-refractivity contribution in [3.8, 4) is 0 Å². The lowest BCUT2D eigenvalue weighted by molar-refractivity contribution is 0.0251. The monoisotopic (exact) mass is 289 g/mol. The van der Waals surface area contributed by atoms with Crippen LogP contribution < -0.4 is 5.32 Å². The molecule has 2 fully saturated rings. The maximum absolute atomic E-state index is 11.3. The molecule has 0 radical (unpaired) electrons. The molecule has 64 valence electrons. The molecule has 2 aliphatic heterocycles. The van der Waals surface area contributed by atoms with Gasteiger partial charge in [-0.1, -0.05) is 22.6 Å². The molecule has 0 saturated carbocycles. The van der Waals surface area contributed by atoms with Crippen LogP contribution in [-0.4, -0.2) is 36.3 Å². The largest absolute Gasteiger partial charge is 0.340 e. The van der Waals surface area contributed by atoms with Crippen LogP contribution in [0.4, 0.5) is 0 Å². The number of nitrogens with one attached hydrogen (secondary N) is 1. The molecule has 0 amide bonds. The van der Waals surface area contributed by atoms with Gasteiger partial charge in [-0.3, -0.25) is 0 Å². The zero-order valence-corrected chi connectivity index (χ0v) is 8.68. The van der Waals surface area contributed by atoms with E-state index in [-0.39, 0.29) is 9.86 Å². The Labute approximate surface area is 78.7 Å². The van der Waals surface area contributed by atoms with Crippen LogP contribution in [0.25, 0.3) is 0 Å². The molecule has 1 N–H and O–H groups in total. The minimum Gasteiger partial charge on any atom is -0.340 e. The van der Waals surface area contributed by atoms with E-state index < -0.39 is 14.8 Å². The van der Waals surface area contributed by atoms with Crippen LogP contribution in [0, 0.1) is 0 Å². The maximum atomic E-state index is 11.3. The van der Waals surface area contributed by atoms with Crippen molar-refractivity contribution in [3.63, 3.8) is 0 Å². The molecule has 0 aromatic rings. The Hall–Kier alpha value is 0.600. The third kappa shape index (κ3) is 0.895. The van der Waals surface area contributed by atoms with Crippen molar-refractivity contribution in [3.05, 3.63) is 0 Å². The molecule has 2 saturated heterocycles. The molecule has 2 heterocycles. The van der Waals surface area contributed by atoms with Gasteiger partial charge in [0.05, 0.1) is 3.92 Å². The average Bonchev–Trinajstić information content (AvgIpc) is 2.31. The molecule has 11 heavy (non-hydrogen) atoms. The van der Waals surface area contributed by atoms with Crippen molar-refractivity contribution in [2.75, 3.05) is 19.0 Å². The highest BCUT2D eigenvalue weighted by Crippen LogP contribution is 2.40. The predicted octanol–water partition coefficient (Wildman–Crippen LogP) is -0.508. The summed E-state index contributed by atoms with van der Waals surface area (Å²) in [4.78, 5) is -0.881. The SMILES string of the molecule is O=S1(=O)COC12CNCC2I. The summed E-state index contributed by atoms with van der Waals surface area (Å²) in [5.74, 6) is -0.103. The Morgan fingerprint density at radius 2 is 2.36 bits per heavy atom. The van der Waals surface area contributed by atoms with Gasteiger partial charge in [0, 0.05) is 13.1 Å². The smallest absolute Gasteiger partial charge is 0.206 e. The lowest BCUT2D eigenvalue weighted by atomic mass is 10.3. The highest BCUT2D eigenvalue weighted by atomic mass is 127. The zero-order chi connectivity index (χ0) is 8.11. The highest BCUT2D eigenvalue weighted by molar-refractivity contribution is 14.1. The Kier molecular flexibility index (Phi) is 1.72. The number of sulfone groups is 1. The van der Waals surface area contributed by atoms with Crippen LogP contribution in [0.1, 0.15) is 0 Å². The van der Waals surface area contributed by atoms with E-state index in [1.54, 1.807) is 0 Å². The van der Waals surface area contributed by atoms with E-state index in [0.717, 1.165) is 6.54 Å². The molecule has 0 aromatic carbocycles. The fraction of sp³-hybridized carbons (Fsp3) is 1.00. The molecule has 1 spiro atoms. The number of ether oxygens (including phenoxy) is 1. The Bertz CT molecular complexity index is 277. The fourth-order valence-electron chi connectivity index (χ4n) is 1.39. The van der Waals surface area contributed by atoms with E-state index in [2.05, 4.69) is 27.9 Å². The van der Waals surface area contributed by atoms with Gasteiger partial charge in [0.15, 0.2) is 10.9 Å². The molecule has 2 unspecified atom stereocenters. The second-order valence-corrected chi connectivity index (χ2v) is 6.45. The summed E-state index contributed by atoms with van der Waals surface area (Å²) in [6.45, 7) is 1.17. The minimum absolute atomic E-state index is 0.0545. The van der Waals surface area contributed by atoms with E-state index in [1.165, 1.54) is 0 Å². The fourth-order valence-corrected chi connectivity index (χ4v) is 4.67. The van der Waals surface area contributed by atoms with Gasteiger partial charge in [0.25, 0.3) is 0 Å². The number of rotatable bonds is 0. The van der Waals surface area contributed by atoms with Crippen LogP contribution in [0.2, 0.25) is 0 Å². The summed E-state index contributed by atoms with van der Waals surface area (Å²) in [6, 6.07) is 0. The van der Waals surface area contributed by atoms with Crippen molar-refractivity contribution < 1.29 is 13.2 Å². The molecular formula is C5H8INO3S. The third-order valence-electron chi connectivity index (χ3n) is 2.16. The Balaban J connectivity index is 2.37. The van der Waals surface area contributed by atoms with Gasteiger partial charge in [0.1, 0.15) is 0 Å². The predicted molar refractivity (Wildman–Crippen MR) is 48.3 cm³/mol. The van der Waals surface area contributed by atoms with Crippen LogP contribution in [0.5, 0.6) is 0 Å². The van der Waals surface area contributed by atoms with Gasteiger partial charge in [-0.25, -0.2) is 8.42 Å². The molecule has 2 rings (SSSR count). The molecule has 0 bridgehead atoms. The number of hydrogen-bond donors (Lipinski definition) is 1. The standard InChI is InChI=1S/C5H8INO3S/c6-4-1-7-2-5(4)10-3-11(5,8)9/h4,7H,1-3H2. The Morgan fingerprint density at radius 1 is 1.64 bits per heavy atom. The summed E-state index contributed by atoms with van der Waals surface area (Å²) in [5, 5.41) is 3.01. The molecule has 4 nitrogen and oxygen atoms in total. The first-order valence-corrected chi connectivity index (χ1v) is 6.19. The van der Waals surface area contributed by atoms with E-state index in [0.29, 0.717) is 6.54 Å². The van der Waals surface area contributed by atoms with Gasteiger partial charge in [-0.2, -0.15) is 0 Å². The van der Waals surface area contributed by atoms with Gasteiger partial charge >= 0.3 is 0 Å². The molecule has 2 aliphatic rings. The van der Waals surface area contributed by atoms with Gasteiger partial charge in [-0.15, -0.1) is 0 Å². The van der Waals surface area contributed by atoms with E-state index in [1.807, 2.05) is 0 Å². The van der Waals surface area contributed by atoms with Gasteiger partial charge in [0.2, 0.25) is 9.84 Å². The second-order valence-electron chi connectivity index (χ2n) is 2.79. The molecule has 2 atom stereocenters. The topological polar surface area (TPSA) is 55.4 Å². The Morgan fingerprint density at radius 3 is 2.55 bits per heavy atom. The number of hydrogen-bond acceptors (Lipinski definition) is 4. The molecule has 0 aliphatic carbocycles. The summed E-state index contributed by atoms with van der Waals surface area (Å²) in [5.41, 5.74) is 0. The van der Waals surface area contributed by atoms with Crippen molar-refractivity contribution in [2.45, 2.75) is 8.86 Å². The minimum atomic E-state index is -2.96. The van der Waals surface area contributed by atoms with E-state index in [4.69, 9.17) is 4.74 Å². The normalized spacial score (nSPS) is 47.5. The summed E-state index contributed by atoms with van der Waals surface area (Å²) < 4.78 is 27.8. The van der Waals surface area contributed by atoms with Crippen LogP contribution >= 0.6 is 22.6 Å². The molecular weight excluding hydrogens is 281 g/mol. The van der Waals surface area contributed by atoms with Crippen molar-refractivity contribution >= 4 is 32.4 Å². The summed E-state index contributed by atoms with van der Waals surface area (Å²) in [6.07, 6.45) is 0. The van der Waals surface area contributed by atoms with Crippen molar-refractivity contribution in [1.29, 1.82) is 0 Å². The van der Waals surface area contributed by atoms with Crippen LogP contribution in [0.15, 0.2) is 0 Å². The summed E-state index contributed by atoms with van der Waals surface area (Å²) in [7, 11) is -2.96. The first kappa shape index (κ1) is 8.21. The highest BCUT2D eigenvalue weighted by Gasteiger charge is 2.60. The van der Waals surface area contributed by atoms with Crippen LogP contribution in [-0.2, 0) is 14.6 Å². The first-order valence-electron chi connectivity index (χ1n) is 3.29. The number of alkyl halides is 1. The van der Waals surface area contributed by atoms with Crippen molar-refractivity contribution in [2.24, 2.45) is 0 Å². The average molecular weight is 289 g/mol. The zero-order valence-electron chi connectivity index (χ0n) is 5.71. The maximum Gasteiger partial charge on any atom is 0.206 e. The lowest BCUT2D eigenvalue weighted by Gasteiger charge is -2.39. The third-order valence-corrected chi connectivity index (χ3v) is 6.05. The molecule has 0 aromatic heterocycles.